The highest BCUT2D eigenvalue weighted by molar-refractivity contribution is 7.88. The molecule has 1 aliphatic rings. The number of sulfonamides is 1. The lowest BCUT2D eigenvalue weighted by atomic mass is 10.0. The number of likely N-dealkylation sites (tertiary alicyclic amines) is 1. The van der Waals surface area contributed by atoms with Crippen molar-refractivity contribution in [1.29, 1.82) is 0 Å². The van der Waals surface area contributed by atoms with Crippen LogP contribution in [0.2, 0.25) is 0 Å². The van der Waals surface area contributed by atoms with Crippen LogP contribution in [0.1, 0.15) is 26.2 Å². The van der Waals surface area contributed by atoms with Gasteiger partial charge >= 0.3 is 0 Å². The molecule has 0 bridgehead atoms. The zero-order valence-corrected chi connectivity index (χ0v) is 15.0. The monoisotopic (exact) mass is 376 g/mol. The molecular formula is C16H22F2N2O4S. The predicted octanol–water partition coefficient (Wildman–Crippen LogP) is 1.66. The van der Waals surface area contributed by atoms with Gasteiger partial charge in [0.2, 0.25) is 10.0 Å². The second-order valence-corrected chi connectivity index (χ2v) is 7.97. The third-order valence-corrected chi connectivity index (χ3v) is 4.73. The molecule has 0 saturated carbocycles. The number of halogens is 2. The molecule has 0 radical (unpaired) electrons. The number of nitrogens with one attached hydrogen (secondary N) is 1. The highest BCUT2D eigenvalue weighted by Crippen LogP contribution is 2.21. The van der Waals surface area contributed by atoms with Crippen LogP contribution in [0, 0.1) is 11.6 Å². The van der Waals surface area contributed by atoms with Crippen LogP contribution in [0.25, 0.3) is 0 Å². The van der Waals surface area contributed by atoms with Crippen LogP contribution in [0.3, 0.4) is 0 Å². The Bertz CT molecular complexity index is 727. The van der Waals surface area contributed by atoms with Crippen LogP contribution in [0.15, 0.2) is 18.2 Å². The van der Waals surface area contributed by atoms with Gasteiger partial charge in [0.15, 0.2) is 17.7 Å². The van der Waals surface area contributed by atoms with Crippen molar-refractivity contribution in [2.24, 2.45) is 0 Å². The van der Waals surface area contributed by atoms with Crippen LogP contribution in [-0.2, 0) is 14.8 Å². The minimum absolute atomic E-state index is 0.0579. The summed E-state index contributed by atoms with van der Waals surface area (Å²) in [6.45, 7) is 2.17. The van der Waals surface area contributed by atoms with Crippen LogP contribution in [-0.4, -0.2) is 50.7 Å². The van der Waals surface area contributed by atoms with E-state index in [9.17, 15) is 22.0 Å². The zero-order valence-electron chi connectivity index (χ0n) is 14.2. The topological polar surface area (TPSA) is 75.7 Å². The van der Waals surface area contributed by atoms with Crippen molar-refractivity contribution in [3.63, 3.8) is 0 Å². The molecule has 9 heteroatoms. The fraction of sp³-hybridized carbons (Fsp3) is 0.562. The molecular weight excluding hydrogens is 354 g/mol. The molecule has 1 N–H and O–H groups in total. The Hall–Kier alpha value is -1.74. The van der Waals surface area contributed by atoms with Crippen molar-refractivity contribution in [1.82, 2.24) is 9.62 Å². The normalized spacial score (nSPS) is 19.5. The Morgan fingerprint density at radius 3 is 2.72 bits per heavy atom. The molecule has 2 unspecified atom stereocenters. The van der Waals surface area contributed by atoms with Crippen LogP contribution in [0.5, 0.6) is 5.75 Å². The fourth-order valence-corrected chi connectivity index (χ4v) is 3.28. The SMILES string of the molecule is CC(Oc1ccc(F)c(F)c1)C(=O)N1CCCCC1CNS(C)(=O)=O. The first-order valence-corrected chi connectivity index (χ1v) is 9.93. The summed E-state index contributed by atoms with van der Waals surface area (Å²) in [5.41, 5.74) is 0. The van der Waals surface area contributed by atoms with Gasteiger partial charge in [-0.2, -0.15) is 0 Å². The summed E-state index contributed by atoms with van der Waals surface area (Å²) in [5.74, 6) is -2.30. The first-order valence-electron chi connectivity index (χ1n) is 8.04. The fourth-order valence-electron chi connectivity index (χ4n) is 2.79. The van der Waals surface area contributed by atoms with Gasteiger partial charge in [-0.1, -0.05) is 0 Å². The molecule has 1 aliphatic heterocycles. The summed E-state index contributed by atoms with van der Waals surface area (Å²) in [6.07, 6.45) is 2.57. The van der Waals surface area contributed by atoms with Gasteiger partial charge in [-0.05, 0) is 38.3 Å². The third kappa shape index (κ3) is 5.64. The van der Waals surface area contributed by atoms with E-state index in [1.165, 1.54) is 13.0 Å². The Kier molecular flexibility index (Phi) is 6.34. The minimum atomic E-state index is -3.35. The number of carbonyl (C=O) groups is 1. The minimum Gasteiger partial charge on any atom is -0.481 e. The predicted molar refractivity (Wildman–Crippen MR) is 88.6 cm³/mol. The Balaban J connectivity index is 2.03. The second-order valence-electron chi connectivity index (χ2n) is 6.14. The number of ether oxygens (including phenoxy) is 1. The number of carbonyl (C=O) groups excluding carboxylic acids is 1. The Labute approximate surface area is 146 Å². The van der Waals surface area contributed by atoms with Crippen molar-refractivity contribution in [3.05, 3.63) is 29.8 Å². The van der Waals surface area contributed by atoms with Gasteiger partial charge in [0.25, 0.3) is 5.91 Å². The number of hydrogen-bond donors (Lipinski definition) is 1. The lowest BCUT2D eigenvalue weighted by Crippen LogP contribution is -2.52. The molecule has 2 atom stereocenters. The molecule has 1 saturated heterocycles. The van der Waals surface area contributed by atoms with Gasteiger partial charge in [0.1, 0.15) is 5.75 Å². The average Bonchev–Trinajstić information content (AvgIpc) is 2.55. The Morgan fingerprint density at radius 1 is 1.36 bits per heavy atom. The standard InChI is InChI=1S/C16H22F2N2O4S/c1-11(24-13-6-7-14(17)15(18)9-13)16(21)20-8-4-3-5-12(20)10-19-25(2,22)23/h6-7,9,11-12,19H,3-5,8,10H2,1-2H3. The second kappa shape index (κ2) is 8.09. The molecule has 1 amide bonds. The van der Waals surface area contributed by atoms with Crippen molar-refractivity contribution < 1.29 is 26.7 Å². The van der Waals surface area contributed by atoms with Gasteiger partial charge in [-0.15, -0.1) is 0 Å². The summed E-state index contributed by atoms with van der Waals surface area (Å²) >= 11 is 0. The van der Waals surface area contributed by atoms with Crippen molar-refractivity contribution in [2.75, 3.05) is 19.3 Å². The molecule has 1 heterocycles. The maximum Gasteiger partial charge on any atom is 0.263 e. The van der Waals surface area contributed by atoms with Crippen molar-refractivity contribution >= 4 is 15.9 Å². The quantitative estimate of drug-likeness (QED) is 0.819. The maximum absolute atomic E-state index is 13.2. The lowest BCUT2D eigenvalue weighted by molar-refractivity contribution is -0.141. The van der Waals surface area contributed by atoms with E-state index in [2.05, 4.69) is 4.72 Å². The van der Waals surface area contributed by atoms with Gasteiger partial charge in [-0.3, -0.25) is 4.79 Å². The summed E-state index contributed by atoms with van der Waals surface area (Å²) in [6, 6.07) is 2.81. The van der Waals surface area contributed by atoms with Gasteiger partial charge in [0.05, 0.1) is 6.26 Å². The smallest absolute Gasteiger partial charge is 0.263 e. The van der Waals surface area contributed by atoms with Crippen LogP contribution < -0.4 is 9.46 Å². The number of nitrogens with zero attached hydrogens (tertiary/aromatic N) is 1. The molecule has 0 aliphatic carbocycles. The summed E-state index contributed by atoms with van der Waals surface area (Å²) < 4.78 is 56.6. The van der Waals surface area contributed by atoms with Gasteiger partial charge in [0, 0.05) is 25.2 Å². The Morgan fingerprint density at radius 2 is 2.08 bits per heavy atom. The van der Waals surface area contributed by atoms with E-state index in [4.69, 9.17) is 4.74 Å². The van der Waals surface area contributed by atoms with Crippen molar-refractivity contribution in [2.45, 2.75) is 38.3 Å². The molecule has 1 fully saturated rings. The van der Waals surface area contributed by atoms with E-state index < -0.39 is 27.8 Å². The molecule has 1 aromatic carbocycles. The number of benzene rings is 1. The summed E-state index contributed by atoms with van der Waals surface area (Å²) in [7, 11) is -3.35. The first kappa shape index (κ1) is 19.6. The summed E-state index contributed by atoms with van der Waals surface area (Å²) in [4.78, 5) is 14.2. The number of piperidine rings is 1. The molecule has 25 heavy (non-hydrogen) atoms. The van der Waals surface area contributed by atoms with E-state index >= 15 is 0 Å². The highest BCUT2D eigenvalue weighted by Gasteiger charge is 2.31. The number of rotatable bonds is 6. The molecule has 140 valence electrons. The molecule has 2 rings (SSSR count). The van der Waals surface area contributed by atoms with Crippen molar-refractivity contribution in [3.8, 4) is 5.75 Å². The molecule has 0 spiro atoms. The highest BCUT2D eigenvalue weighted by atomic mass is 32.2. The largest absolute Gasteiger partial charge is 0.481 e. The molecule has 0 aromatic heterocycles. The first-order chi connectivity index (χ1) is 11.7. The maximum atomic E-state index is 13.2. The third-order valence-electron chi connectivity index (χ3n) is 4.04. The van der Waals surface area contributed by atoms with E-state index in [1.54, 1.807) is 4.90 Å². The van der Waals surface area contributed by atoms with Gasteiger partial charge < -0.3 is 9.64 Å². The van der Waals surface area contributed by atoms with E-state index in [0.717, 1.165) is 31.2 Å². The molecule has 1 aromatic rings. The van der Waals surface area contributed by atoms with E-state index in [1.807, 2.05) is 0 Å². The van der Waals surface area contributed by atoms with E-state index in [0.29, 0.717) is 13.0 Å². The number of hydrogen-bond acceptors (Lipinski definition) is 4. The lowest BCUT2D eigenvalue weighted by Gasteiger charge is -2.37. The molecule has 6 nitrogen and oxygen atoms in total. The zero-order chi connectivity index (χ0) is 18.6. The van der Waals surface area contributed by atoms with Gasteiger partial charge in [-0.25, -0.2) is 21.9 Å². The van der Waals surface area contributed by atoms with Crippen LogP contribution in [0.4, 0.5) is 8.78 Å². The summed E-state index contributed by atoms with van der Waals surface area (Å²) in [5, 5.41) is 0. The van der Waals surface area contributed by atoms with Crippen LogP contribution >= 0.6 is 0 Å². The number of amides is 1. The average molecular weight is 376 g/mol. The van der Waals surface area contributed by atoms with E-state index in [-0.39, 0.29) is 24.2 Å².